The minimum atomic E-state index is 0. The highest BCUT2D eigenvalue weighted by molar-refractivity contribution is 5.85. The summed E-state index contributed by atoms with van der Waals surface area (Å²) in [6.45, 7) is 2.92. The predicted octanol–water partition coefficient (Wildman–Crippen LogP) is -0.517. The van der Waals surface area contributed by atoms with Crippen molar-refractivity contribution in [2.24, 2.45) is 11.5 Å². The minimum absolute atomic E-state index is 0. The molecule has 0 aliphatic carbocycles. The van der Waals surface area contributed by atoms with E-state index in [2.05, 4.69) is 15.0 Å². The van der Waals surface area contributed by atoms with Gasteiger partial charge in [0.05, 0.1) is 13.1 Å². The van der Waals surface area contributed by atoms with Crippen LogP contribution >= 0.6 is 12.4 Å². The van der Waals surface area contributed by atoms with Gasteiger partial charge in [-0.1, -0.05) is 5.16 Å². The van der Waals surface area contributed by atoms with E-state index >= 15 is 0 Å². The van der Waals surface area contributed by atoms with Gasteiger partial charge in [0.25, 0.3) is 0 Å². The second-order valence-corrected chi connectivity index (χ2v) is 3.59. The molecule has 1 aliphatic heterocycles. The van der Waals surface area contributed by atoms with Crippen LogP contribution in [0.25, 0.3) is 0 Å². The van der Waals surface area contributed by atoms with Gasteiger partial charge in [-0.05, 0) is 6.42 Å². The Labute approximate surface area is 94.4 Å². The Morgan fingerprint density at radius 1 is 1.53 bits per heavy atom. The van der Waals surface area contributed by atoms with Crippen molar-refractivity contribution in [3.63, 3.8) is 0 Å². The lowest BCUT2D eigenvalue weighted by molar-refractivity contribution is 0.306. The molecule has 1 aliphatic rings. The van der Waals surface area contributed by atoms with E-state index in [4.69, 9.17) is 16.0 Å². The summed E-state index contributed by atoms with van der Waals surface area (Å²) < 4.78 is 4.91. The number of likely N-dealkylation sites (tertiary alicyclic amines) is 1. The van der Waals surface area contributed by atoms with Crippen LogP contribution in [0.5, 0.6) is 0 Å². The minimum Gasteiger partial charge on any atom is -0.338 e. The number of halogens is 1. The molecule has 0 unspecified atom stereocenters. The summed E-state index contributed by atoms with van der Waals surface area (Å²) in [4.78, 5) is 6.35. The van der Waals surface area contributed by atoms with Crippen LogP contribution < -0.4 is 11.5 Å². The Morgan fingerprint density at radius 3 is 2.87 bits per heavy atom. The zero-order valence-electron chi connectivity index (χ0n) is 8.43. The van der Waals surface area contributed by atoms with Crippen LogP contribution in [-0.2, 0) is 13.1 Å². The van der Waals surface area contributed by atoms with E-state index < -0.39 is 0 Å². The molecule has 0 bridgehead atoms. The van der Waals surface area contributed by atoms with Gasteiger partial charge in [-0.25, -0.2) is 0 Å². The van der Waals surface area contributed by atoms with Gasteiger partial charge in [0, 0.05) is 19.1 Å². The highest BCUT2D eigenvalue weighted by Gasteiger charge is 2.20. The Balaban J connectivity index is 0.00000112. The number of nitrogens with two attached hydrogens (primary N) is 2. The van der Waals surface area contributed by atoms with Crippen molar-refractivity contribution in [2.45, 2.75) is 25.6 Å². The molecule has 4 N–H and O–H groups in total. The highest BCUT2D eigenvalue weighted by Crippen LogP contribution is 2.10. The third-order valence-electron chi connectivity index (χ3n) is 2.36. The van der Waals surface area contributed by atoms with E-state index in [0.29, 0.717) is 24.8 Å². The molecule has 2 rings (SSSR count). The van der Waals surface area contributed by atoms with Gasteiger partial charge in [0.1, 0.15) is 0 Å². The molecule has 1 aromatic rings. The number of rotatable bonds is 3. The van der Waals surface area contributed by atoms with E-state index in [-0.39, 0.29) is 18.4 Å². The Bertz CT molecular complexity index is 305. The molecule has 1 saturated heterocycles. The summed E-state index contributed by atoms with van der Waals surface area (Å²) in [6, 6.07) is 0.288. The van der Waals surface area contributed by atoms with Crippen molar-refractivity contribution in [1.82, 2.24) is 15.0 Å². The van der Waals surface area contributed by atoms with Crippen molar-refractivity contribution >= 4 is 12.4 Å². The van der Waals surface area contributed by atoms with Gasteiger partial charge in [-0.15, -0.1) is 12.4 Å². The molecule has 15 heavy (non-hydrogen) atoms. The second kappa shape index (κ2) is 5.41. The molecule has 0 amide bonds. The van der Waals surface area contributed by atoms with Crippen molar-refractivity contribution < 1.29 is 4.52 Å². The van der Waals surface area contributed by atoms with Crippen molar-refractivity contribution in [2.75, 3.05) is 13.1 Å². The van der Waals surface area contributed by atoms with Crippen molar-refractivity contribution in [3.05, 3.63) is 11.7 Å². The molecule has 7 heteroatoms. The fourth-order valence-corrected chi connectivity index (χ4v) is 1.64. The normalized spacial score (nSPS) is 21.6. The van der Waals surface area contributed by atoms with Gasteiger partial charge >= 0.3 is 0 Å². The lowest BCUT2D eigenvalue weighted by Gasteiger charge is -2.11. The van der Waals surface area contributed by atoms with Crippen LogP contribution in [0.2, 0.25) is 0 Å². The molecule has 0 radical (unpaired) electrons. The van der Waals surface area contributed by atoms with Gasteiger partial charge < -0.3 is 16.0 Å². The quantitative estimate of drug-likeness (QED) is 0.730. The molecule has 86 valence electrons. The predicted molar refractivity (Wildman–Crippen MR) is 57.3 cm³/mol. The average Bonchev–Trinajstić information content (AvgIpc) is 2.76. The molecular weight excluding hydrogens is 218 g/mol. The average molecular weight is 234 g/mol. The fourth-order valence-electron chi connectivity index (χ4n) is 1.64. The molecule has 0 spiro atoms. The van der Waals surface area contributed by atoms with E-state index in [1.54, 1.807) is 0 Å². The maximum Gasteiger partial charge on any atom is 0.240 e. The molecular formula is C8H16ClN5O. The highest BCUT2D eigenvalue weighted by atomic mass is 35.5. The zero-order valence-corrected chi connectivity index (χ0v) is 9.24. The number of hydrogen-bond acceptors (Lipinski definition) is 6. The summed E-state index contributed by atoms with van der Waals surface area (Å²) in [6.07, 6.45) is 1.04. The van der Waals surface area contributed by atoms with Crippen LogP contribution in [-0.4, -0.2) is 34.2 Å². The van der Waals surface area contributed by atoms with Crippen LogP contribution in [0.3, 0.4) is 0 Å². The Kier molecular flexibility index (Phi) is 4.46. The first-order chi connectivity index (χ1) is 6.78. The van der Waals surface area contributed by atoms with Gasteiger partial charge in [0.2, 0.25) is 5.89 Å². The van der Waals surface area contributed by atoms with Gasteiger partial charge in [0.15, 0.2) is 5.82 Å². The smallest absolute Gasteiger partial charge is 0.240 e. The van der Waals surface area contributed by atoms with Crippen molar-refractivity contribution in [3.8, 4) is 0 Å². The topological polar surface area (TPSA) is 94.2 Å². The van der Waals surface area contributed by atoms with E-state index in [0.717, 1.165) is 19.5 Å². The molecule has 1 fully saturated rings. The largest absolute Gasteiger partial charge is 0.338 e. The molecule has 1 aromatic heterocycles. The fraction of sp³-hybridized carbons (Fsp3) is 0.750. The summed E-state index contributed by atoms with van der Waals surface area (Å²) in [5.41, 5.74) is 11.1. The Hall–Kier alpha value is -0.690. The lowest BCUT2D eigenvalue weighted by Crippen LogP contribution is -2.26. The van der Waals surface area contributed by atoms with Crippen LogP contribution in [0.4, 0.5) is 0 Å². The number of aromatic nitrogens is 2. The summed E-state index contributed by atoms with van der Waals surface area (Å²) in [5, 5.41) is 3.83. The van der Waals surface area contributed by atoms with Crippen molar-refractivity contribution in [1.29, 1.82) is 0 Å². The Morgan fingerprint density at radius 2 is 2.33 bits per heavy atom. The number of hydrogen-bond donors (Lipinski definition) is 2. The molecule has 1 atom stereocenters. The summed E-state index contributed by atoms with van der Waals surface area (Å²) in [7, 11) is 0. The standard InChI is InChI=1S/C8H15N5O.ClH/c9-3-8-11-7(12-14-8)5-13-2-1-6(10)4-13;/h6H,1-5,9-10H2;1H/t6-;/m0./s1. The molecule has 6 nitrogen and oxygen atoms in total. The summed E-state index contributed by atoms with van der Waals surface area (Å²) in [5.74, 6) is 1.18. The van der Waals surface area contributed by atoms with E-state index in [1.165, 1.54) is 0 Å². The third-order valence-corrected chi connectivity index (χ3v) is 2.36. The van der Waals surface area contributed by atoms with E-state index in [9.17, 15) is 0 Å². The first kappa shape index (κ1) is 12.4. The third kappa shape index (κ3) is 3.13. The summed E-state index contributed by atoms with van der Waals surface area (Å²) >= 11 is 0. The molecule has 0 aromatic carbocycles. The molecule has 2 heterocycles. The van der Waals surface area contributed by atoms with Gasteiger partial charge in [-0.3, -0.25) is 4.90 Å². The zero-order chi connectivity index (χ0) is 9.97. The lowest BCUT2D eigenvalue weighted by atomic mass is 10.3. The van der Waals surface area contributed by atoms with Crippen LogP contribution in [0.15, 0.2) is 4.52 Å². The molecule has 0 saturated carbocycles. The first-order valence-electron chi connectivity index (χ1n) is 4.77. The SMILES string of the molecule is Cl.NCc1nc(CN2CC[C@H](N)C2)no1. The van der Waals surface area contributed by atoms with Crippen LogP contribution in [0, 0.1) is 0 Å². The second-order valence-electron chi connectivity index (χ2n) is 3.59. The van der Waals surface area contributed by atoms with Gasteiger partial charge in [-0.2, -0.15) is 4.98 Å². The van der Waals surface area contributed by atoms with Crippen LogP contribution in [0.1, 0.15) is 18.1 Å². The first-order valence-corrected chi connectivity index (χ1v) is 4.77. The maximum absolute atomic E-state index is 5.78. The number of nitrogens with zero attached hydrogens (tertiary/aromatic N) is 3. The maximum atomic E-state index is 5.78. The monoisotopic (exact) mass is 233 g/mol. The van der Waals surface area contributed by atoms with E-state index in [1.807, 2.05) is 0 Å².